The fourth-order valence-corrected chi connectivity index (χ4v) is 1.15. The highest BCUT2D eigenvalue weighted by atomic mass is 35.5. The van der Waals surface area contributed by atoms with Crippen molar-refractivity contribution in [3.63, 3.8) is 0 Å². The number of allylic oxidation sites excluding steroid dienone is 6. The Labute approximate surface area is 96.4 Å². The summed E-state index contributed by atoms with van der Waals surface area (Å²) in [6, 6.07) is 0. The minimum absolute atomic E-state index is 0.116. The van der Waals surface area contributed by atoms with Gasteiger partial charge in [0.1, 0.15) is 0 Å². The lowest BCUT2D eigenvalue weighted by Crippen LogP contribution is -2.11. The van der Waals surface area contributed by atoms with Gasteiger partial charge in [-0.05, 0) is 11.6 Å². The summed E-state index contributed by atoms with van der Waals surface area (Å²) in [4.78, 5) is 0. The van der Waals surface area contributed by atoms with Gasteiger partial charge in [-0.15, -0.1) is 11.6 Å². The molecular formula is C10H9Cl2F3. The maximum Gasteiger partial charge on any atom is 0.416 e. The van der Waals surface area contributed by atoms with E-state index in [1.807, 2.05) is 0 Å². The Bertz CT molecular complexity index is 311. The summed E-state index contributed by atoms with van der Waals surface area (Å²) in [5, 5.41) is 0.116. The van der Waals surface area contributed by atoms with Gasteiger partial charge in [-0.2, -0.15) is 13.2 Å². The van der Waals surface area contributed by atoms with Gasteiger partial charge in [0.15, 0.2) is 0 Å². The first-order valence-electron chi connectivity index (χ1n) is 3.85. The van der Waals surface area contributed by atoms with Gasteiger partial charge in [0, 0.05) is 10.9 Å². The van der Waals surface area contributed by atoms with Gasteiger partial charge in [-0.1, -0.05) is 36.9 Å². The highest BCUT2D eigenvalue weighted by molar-refractivity contribution is 6.32. The molecule has 0 saturated heterocycles. The van der Waals surface area contributed by atoms with Gasteiger partial charge in [0.2, 0.25) is 0 Å². The van der Waals surface area contributed by atoms with Crippen LogP contribution in [-0.2, 0) is 0 Å². The molecule has 0 fully saturated rings. The lowest BCUT2D eigenvalue weighted by molar-refractivity contribution is -0.0886. The molecule has 0 atom stereocenters. The number of hydrogen-bond donors (Lipinski definition) is 0. The smallest absolute Gasteiger partial charge is 0.166 e. The molecule has 0 unspecified atom stereocenters. The van der Waals surface area contributed by atoms with Gasteiger partial charge >= 0.3 is 6.18 Å². The van der Waals surface area contributed by atoms with Crippen LogP contribution in [0.5, 0.6) is 0 Å². The molecular weight excluding hydrogens is 248 g/mol. The maximum atomic E-state index is 12.2. The Morgan fingerprint density at radius 2 is 1.87 bits per heavy atom. The van der Waals surface area contributed by atoms with Crippen molar-refractivity contribution < 1.29 is 13.2 Å². The quantitative estimate of drug-likeness (QED) is 0.510. The molecule has 0 aromatic carbocycles. The molecule has 0 N–H and O–H groups in total. The van der Waals surface area contributed by atoms with E-state index in [9.17, 15) is 13.2 Å². The van der Waals surface area contributed by atoms with Crippen molar-refractivity contribution >= 4 is 23.2 Å². The van der Waals surface area contributed by atoms with Crippen molar-refractivity contribution in [1.82, 2.24) is 0 Å². The van der Waals surface area contributed by atoms with Gasteiger partial charge in [0.25, 0.3) is 0 Å². The van der Waals surface area contributed by atoms with E-state index in [0.717, 1.165) is 12.2 Å². The monoisotopic (exact) mass is 256 g/mol. The van der Waals surface area contributed by atoms with Crippen LogP contribution in [0.4, 0.5) is 13.2 Å². The predicted octanol–water partition coefficient (Wildman–Crippen LogP) is 4.58. The molecule has 5 heteroatoms. The van der Waals surface area contributed by atoms with Crippen molar-refractivity contribution in [3.05, 3.63) is 47.6 Å². The lowest BCUT2D eigenvalue weighted by atomic mass is 10.1. The van der Waals surface area contributed by atoms with Crippen molar-refractivity contribution in [1.29, 1.82) is 0 Å². The van der Waals surface area contributed by atoms with E-state index in [4.69, 9.17) is 23.2 Å². The maximum absolute atomic E-state index is 12.2. The molecule has 0 amide bonds. The Kier molecular flexibility index (Phi) is 5.76. The molecule has 0 aliphatic rings. The van der Waals surface area contributed by atoms with Crippen LogP contribution < -0.4 is 0 Å². The Morgan fingerprint density at radius 3 is 2.20 bits per heavy atom. The van der Waals surface area contributed by atoms with Gasteiger partial charge < -0.3 is 0 Å². The second kappa shape index (κ2) is 6.03. The van der Waals surface area contributed by atoms with Gasteiger partial charge in [-0.3, -0.25) is 0 Å². The molecule has 0 aromatic heterocycles. The zero-order valence-electron chi connectivity index (χ0n) is 7.74. The number of halogens is 5. The summed E-state index contributed by atoms with van der Waals surface area (Å²) in [6.45, 7) is 6.19. The molecule has 0 bridgehead atoms. The summed E-state index contributed by atoms with van der Waals surface area (Å²) < 4.78 is 36.7. The fraction of sp³-hybridized carbons (Fsp3) is 0.200. The molecule has 0 radical (unpaired) electrons. The highest BCUT2D eigenvalue weighted by Crippen LogP contribution is 2.31. The molecule has 0 spiro atoms. The van der Waals surface area contributed by atoms with Crippen LogP contribution >= 0.6 is 23.2 Å². The first-order valence-corrected chi connectivity index (χ1v) is 4.76. The van der Waals surface area contributed by atoms with E-state index in [1.54, 1.807) is 0 Å². The fourth-order valence-electron chi connectivity index (χ4n) is 0.714. The number of hydrogen-bond acceptors (Lipinski definition) is 0. The van der Waals surface area contributed by atoms with Crippen LogP contribution in [0.1, 0.15) is 0 Å². The lowest BCUT2D eigenvalue weighted by Gasteiger charge is -2.10. The van der Waals surface area contributed by atoms with Crippen LogP contribution in [0.2, 0.25) is 0 Å². The van der Waals surface area contributed by atoms with Gasteiger partial charge in [-0.25, -0.2) is 0 Å². The molecule has 84 valence electrons. The topological polar surface area (TPSA) is 0 Å². The summed E-state index contributed by atoms with van der Waals surface area (Å²) in [5.74, 6) is 0.123. The zero-order valence-corrected chi connectivity index (χ0v) is 9.26. The second-order valence-corrected chi connectivity index (χ2v) is 3.27. The molecule has 0 heterocycles. The van der Waals surface area contributed by atoms with E-state index < -0.39 is 11.7 Å². The summed E-state index contributed by atoms with van der Waals surface area (Å²) in [6.07, 6.45) is -0.957. The van der Waals surface area contributed by atoms with Crippen LogP contribution in [-0.4, -0.2) is 12.1 Å². The van der Waals surface area contributed by atoms with Crippen molar-refractivity contribution in [2.45, 2.75) is 6.18 Å². The van der Waals surface area contributed by atoms with Gasteiger partial charge in [0.05, 0.1) is 5.57 Å². The Morgan fingerprint density at radius 1 is 1.33 bits per heavy atom. The molecule has 0 aliphatic heterocycles. The van der Waals surface area contributed by atoms with E-state index in [-0.39, 0.29) is 16.5 Å². The van der Waals surface area contributed by atoms with Crippen LogP contribution in [0, 0.1) is 0 Å². The largest absolute Gasteiger partial charge is 0.416 e. The third kappa shape index (κ3) is 5.09. The molecule has 0 aromatic rings. The van der Waals surface area contributed by atoms with E-state index >= 15 is 0 Å². The minimum Gasteiger partial charge on any atom is -0.166 e. The predicted molar refractivity (Wildman–Crippen MR) is 58.1 cm³/mol. The zero-order chi connectivity index (χ0) is 12.1. The average Bonchev–Trinajstić information content (AvgIpc) is 2.12. The van der Waals surface area contributed by atoms with E-state index in [2.05, 4.69) is 13.2 Å². The van der Waals surface area contributed by atoms with E-state index in [0.29, 0.717) is 0 Å². The summed E-state index contributed by atoms with van der Waals surface area (Å²) in [7, 11) is 0. The first kappa shape index (κ1) is 14.3. The normalized spacial score (nSPS) is 13.9. The van der Waals surface area contributed by atoms with Crippen molar-refractivity contribution in [3.8, 4) is 0 Å². The van der Waals surface area contributed by atoms with Crippen molar-refractivity contribution in [2.24, 2.45) is 0 Å². The molecule has 0 saturated carbocycles. The SMILES string of the molecule is C=C/C(=C\C(Cl)=C/CCl)C(=C)C(F)(F)F. The average molecular weight is 257 g/mol. The number of alkyl halides is 4. The number of rotatable bonds is 4. The Balaban J connectivity index is 5.02. The second-order valence-electron chi connectivity index (χ2n) is 2.52. The standard InChI is InChI=1S/C10H9Cl2F3/c1-3-8(6-9(12)4-5-11)7(2)10(13,14)15/h3-4,6H,1-2,5H2/b8-6+,9-4+. The summed E-state index contributed by atoms with van der Waals surface area (Å²) in [5.41, 5.74) is -1.16. The molecule has 15 heavy (non-hydrogen) atoms. The molecule has 0 aliphatic carbocycles. The van der Waals surface area contributed by atoms with E-state index in [1.165, 1.54) is 6.08 Å². The van der Waals surface area contributed by atoms with Crippen LogP contribution in [0.3, 0.4) is 0 Å². The first-order chi connectivity index (χ1) is 6.82. The summed E-state index contributed by atoms with van der Waals surface area (Å²) >= 11 is 10.9. The third-order valence-electron chi connectivity index (χ3n) is 1.48. The van der Waals surface area contributed by atoms with Crippen LogP contribution in [0.15, 0.2) is 47.6 Å². The minimum atomic E-state index is -4.49. The van der Waals surface area contributed by atoms with Crippen LogP contribution in [0.25, 0.3) is 0 Å². The third-order valence-corrected chi connectivity index (χ3v) is 1.89. The molecule has 0 nitrogen and oxygen atoms in total. The highest BCUT2D eigenvalue weighted by Gasteiger charge is 2.33. The van der Waals surface area contributed by atoms with Crippen molar-refractivity contribution in [2.75, 3.05) is 5.88 Å². The molecule has 0 rings (SSSR count). The Hall–Kier alpha value is -0.670.